The van der Waals surface area contributed by atoms with Crippen molar-refractivity contribution in [1.82, 2.24) is 24.1 Å². The summed E-state index contributed by atoms with van der Waals surface area (Å²) in [6.45, 7) is 0. The molecular weight excluding hydrogens is 655 g/mol. The molecule has 0 bridgehead atoms. The number of hydrogen-bond donors (Lipinski definition) is 0. The monoisotopic (exact) mass is 685 g/mol. The lowest BCUT2D eigenvalue weighted by Crippen LogP contribution is -2.19. The molecule has 0 unspecified atom stereocenters. The predicted octanol–water partition coefficient (Wildman–Crippen LogP) is 10.4. The van der Waals surface area contributed by atoms with E-state index in [4.69, 9.17) is 19.4 Å². The first-order valence-electron chi connectivity index (χ1n) is 17.5. The Morgan fingerprint density at radius 3 is 1.89 bits per heavy atom. The van der Waals surface area contributed by atoms with E-state index < -0.39 is 0 Å². The summed E-state index contributed by atoms with van der Waals surface area (Å²) in [5, 5.41) is 4.47. The minimum Gasteiger partial charge on any atom is -0.455 e. The van der Waals surface area contributed by atoms with Crippen LogP contribution in [0.15, 0.2) is 161 Å². The zero-order chi connectivity index (χ0) is 35.6. The van der Waals surface area contributed by atoms with E-state index in [1.807, 2.05) is 66.7 Å². The topological polar surface area (TPSA) is 78.7 Å². The fraction of sp³-hybridized carbons (Fsp3) is 0.0435. The van der Waals surface area contributed by atoms with Gasteiger partial charge in [0.2, 0.25) is 0 Å². The molecule has 0 saturated heterocycles. The van der Waals surface area contributed by atoms with E-state index in [0.29, 0.717) is 17.5 Å². The van der Waals surface area contributed by atoms with Crippen molar-refractivity contribution in [2.75, 3.05) is 0 Å². The van der Waals surface area contributed by atoms with Gasteiger partial charge in [0, 0.05) is 46.9 Å². The van der Waals surface area contributed by atoms with E-state index in [1.54, 1.807) is 23.2 Å². The molecule has 0 amide bonds. The number of nitrogens with zero attached hydrogens (tertiary/aromatic N) is 5. The van der Waals surface area contributed by atoms with E-state index in [9.17, 15) is 4.79 Å². The van der Waals surface area contributed by atoms with Gasteiger partial charge in [0.25, 0.3) is 0 Å². The van der Waals surface area contributed by atoms with E-state index in [2.05, 4.69) is 84.9 Å². The molecule has 7 heteroatoms. The molecule has 0 radical (unpaired) electrons. The fourth-order valence-electron chi connectivity index (χ4n) is 7.47. The lowest BCUT2D eigenvalue weighted by atomic mass is 9.97. The molecule has 252 valence electrons. The molecule has 3 aromatic heterocycles. The number of aromatic nitrogens is 5. The minimum atomic E-state index is -0.0501. The van der Waals surface area contributed by atoms with Crippen molar-refractivity contribution in [1.29, 1.82) is 0 Å². The number of furan rings is 1. The maximum Gasteiger partial charge on any atom is 0.328 e. The van der Waals surface area contributed by atoms with Crippen molar-refractivity contribution < 1.29 is 4.42 Å². The SMILES string of the molecule is Cn1c(=O)n(C)c2cc(-c3cccc(-c4nc(-c5ccccc5)nc(-c5ccc(-c6cccc7oc8c9ccccc9ccc8c67)cc5)n4)c3)ccc21. The van der Waals surface area contributed by atoms with Gasteiger partial charge in [-0.05, 0) is 58.0 Å². The van der Waals surface area contributed by atoms with E-state index >= 15 is 0 Å². The third-order valence-corrected chi connectivity index (χ3v) is 10.2. The third kappa shape index (κ3) is 5.05. The van der Waals surface area contributed by atoms with Crippen molar-refractivity contribution in [2.45, 2.75) is 0 Å². The summed E-state index contributed by atoms with van der Waals surface area (Å²) in [6, 6.07) is 51.6. The van der Waals surface area contributed by atoms with Gasteiger partial charge in [-0.25, -0.2) is 19.7 Å². The smallest absolute Gasteiger partial charge is 0.328 e. The molecule has 0 N–H and O–H groups in total. The molecule has 0 aliphatic rings. The Bertz CT molecular complexity index is 3100. The molecular formula is C46H31N5O2. The van der Waals surface area contributed by atoms with Crippen LogP contribution in [0.1, 0.15) is 0 Å². The highest BCUT2D eigenvalue weighted by molar-refractivity contribution is 6.19. The normalized spacial score (nSPS) is 11.7. The summed E-state index contributed by atoms with van der Waals surface area (Å²) >= 11 is 0. The molecule has 7 aromatic carbocycles. The highest BCUT2D eigenvalue weighted by Gasteiger charge is 2.17. The number of benzene rings is 7. The molecule has 10 aromatic rings. The standard InChI is InChI=1S/C46H31N5O2/c1-50-38-25-23-33(27-39(38)51(2)46(50)52)32-13-8-14-34(26-32)45-48-43(30-11-4-3-5-12-30)47-44(49-45)31-20-18-29(19-21-31)35-16-9-17-40-41(35)37-24-22-28-10-6-7-15-36(28)42(37)53-40/h3-27H,1-2H3. The molecule has 0 atom stereocenters. The van der Waals surface area contributed by atoms with Crippen LogP contribution >= 0.6 is 0 Å². The Kier molecular flexibility index (Phi) is 6.94. The molecule has 0 fully saturated rings. The van der Waals surface area contributed by atoms with E-state index in [-0.39, 0.29) is 5.69 Å². The zero-order valence-corrected chi connectivity index (χ0v) is 29.0. The van der Waals surface area contributed by atoms with Gasteiger partial charge in [0.1, 0.15) is 11.2 Å². The third-order valence-electron chi connectivity index (χ3n) is 10.2. The summed E-state index contributed by atoms with van der Waals surface area (Å²) in [6.07, 6.45) is 0. The van der Waals surface area contributed by atoms with E-state index in [0.717, 1.165) is 82.7 Å². The first-order chi connectivity index (χ1) is 26.0. The summed E-state index contributed by atoms with van der Waals surface area (Å²) in [7, 11) is 3.60. The van der Waals surface area contributed by atoms with Crippen LogP contribution in [0.3, 0.4) is 0 Å². The molecule has 0 saturated carbocycles. The molecule has 53 heavy (non-hydrogen) atoms. The maximum atomic E-state index is 12.6. The molecule has 7 nitrogen and oxygen atoms in total. The van der Waals surface area contributed by atoms with Crippen molar-refractivity contribution in [3.63, 3.8) is 0 Å². The van der Waals surface area contributed by atoms with Crippen LogP contribution < -0.4 is 5.69 Å². The van der Waals surface area contributed by atoms with Gasteiger partial charge < -0.3 is 4.42 Å². The zero-order valence-electron chi connectivity index (χ0n) is 29.0. The summed E-state index contributed by atoms with van der Waals surface area (Å²) in [5.41, 5.74) is 10.3. The van der Waals surface area contributed by atoms with Crippen LogP contribution in [-0.2, 0) is 14.1 Å². The Morgan fingerprint density at radius 1 is 0.472 bits per heavy atom. The largest absolute Gasteiger partial charge is 0.455 e. The summed E-state index contributed by atoms with van der Waals surface area (Å²) in [4.78, 5) is 27.6. The van der Waals surface area contributed by atoms with Gasteiger partial charge in [-0.15, -0.1) is 0 Å². The van der Waals surface area contributed by atoms with Crippen LogP contribution in [0.2, 0.25) is 0 Å². The second-order valence-electron chi connectivity index (χ2n) is 13.4. The van der Waals surface area contributed by atoms with Gasteiger partial charge in [-0.3, -0.25) is 9.13 Å². The van der Waals surface area contributed by atoms with E-state index in [1.165, 1.54) is 0 Å². The van der Waals surface area contributed by atoms with Crippen LogP contribution in [0.4, 0.5) is 0 Å². The lowest BCUT2D eigenvalue weighted by molar-refractivity contribution is 0.673. The average Bonchev–Trinajstić information content (AvgIpc) is 3.72. The number of hydrogen-bond acceptors (Lipinski definition) is 5. The second-order valence-corrected chi connectivity index (χ2v) is 13.4. The molecule has 0 aliphatic carbocycles. The minimum absolute atomic E-state index is 0.0501. The van der Waals surface area contributed by atoms with Gasteiger partial charge >= 0.3 is 5.69 Å². The van der Waals surface area contributed by atoms with Crippen molar-refractivity contribution in [3.05, 3.63) is 162 Å². The second kappa shape index (κ2) is 12.0. The number of aryl methyl sites for hydroxylation is 2. The predicted molar refractivity (Wildman–Crippen MR) is 214 cm³/mol. The Hall–Kier alpha value is -7.12. The van der Waals surface area contributed by atoms with Gasteiger partial charge in [-0.2, -0.15) is 0 Å². The fourth-order valence-corrected chi connectivity index (χ4v) is 7.47. The van der Waals surface area contributed by atoms with Gasteiger partial charge in [0.15, 0.2) is 17.5 Å². The van der Waals surface area contributed by atoms with Gasteiger partial charge in [0.05, 0.1) is 11.0 Å². The Balaban J connectivity index is 1.07. The highest BCUT2D eigenvalue weighted by atomic mass is 16.3. The van der Waals surface area contributed by atoms with Crippen LogP contribution in [0, 0.1) is 0 Å². The first kappa shape index (κ1) is 30.7. The Labute approximate surface area is 304 Å². The summed E-state index contributed by atoms with van der Waals surface area (Å²) in [5.74, 6) is 1.77. The molecule has 0 spiro atoms. The quantitative estimate of drug-likeness (QED) is 0.180. The van der Waals surface area contributed by atoms with Crippen LogP contribution in [0.25, 0.3) is 100 Å². The molecule has 3 heterocycles. The van der Waals surface area contributed by atoms with Crippen LogP contribution in [0.5, 0.6) is 0 Å². The first-order valence-corrected chi connectivity index (χ1v) is 17.5. The van der Waals surface area contributed by atoms with Gasteiger partial charge in [-0.1, -0.05) is 121 Å². The average molecular weight is 686 g/mol. The summed E-state index contributed by atoms with van der Waals surface area (Å²) < 4.78 is 9.80. The molecule has 10 rings (SSSR count). The lowest BCUT2D eigenvalue weighted by Gasteiger charge is -2.10. The van der Waals surface area contributed by atoms with Crippen LogP contribution in [-0.4, -0.2) is 24.1 Å². The highest BCUT2D eigenvalue weighted by Crippen LogP contribution is 2.40. The number of rotatable bonds is 5. The van der Waals surface area contributed by atoms with Crippen molar-refractivity contribution >= 4 is 43.7 Å². The van der Waals surface area contributed by atoms with Crippen molar-refractivity contribution in [3.8, 4) is 56.4 Å². The number of fused-ring (bicyclic) bond motifs is 6. The maximum absolute atomic E-state index is 12.6. The number of imidazole rings is 1. The van der Waals surface area contributed by atoms with Crippen molar-refractivity contribution in [2.24, 2.45) is 14.1 Å². The molecule has 0 aliphatic heterocycles. The Morgan fingerprint density at radius 2 is 1.08 bits per heavy atom.